The molecule has 0 atom stereocenters. The number of hydrogen-bond acceptors (Lipinski definition) is 0. The van der Waals surface area contributed by atoms with Gasteiger partial charge in [0.05, 0.1) is 10.9 Å². The van der Waals surface area contributed by atoms with Gasteiger partial charge in [0.15, 0.2) is 5.82 Å². The highest BCUT2D eigenvalue weighted by atomic mass is 19.4. The highest BCUT2D eigenvalue weighted by Crippen LogP contribution is 2.33. The van der Waals surface area contributed by atoms with Gasteiger partial charge in [-0.2, -0.15) is 13.2 Å². The van der Waals surface area contributed by atoms with Crippen molar-refractivity contribution in [2.75, 3.05) is 0 Å². The molecule has 0 spiro atoms. The fraction of sp³-hybridized carbons (Fsp3) is 0.391. The number of aryl methyl sites for hydroxylation is 1. The minimum absolute atomic E-state index is 0.0251. The third-order valence-electron chi connectivity index (χ3n) is 5.54. The van der Waals surface area contributed by atoms with Crippen molar-refractivity contribution in [3.63, 3.8) is 0 Å². The van der Waals surface area contributed by atoms with E-state index < -0.39 is 34.6 Å². The van der Waals surface area contributed by atoms with E-state index in [0.717, 1.165) is 44.1 Å². The van der Waals surface area contributed by atoms with Gasteiger partial charge in [-0.05, 0) is 73.4 Å². The van der Waals surface area contributed by atoms with E-state index in [0.29, 0.717) is 23.8 Å². The Balaban J connectivity index is 1.84. The number of benzene rings is 2. The molecule has 0 radical (unpaired) electrons. The van der Waals surface area contributed by atoms with E-state index in [-0.39, 0.29) is 5.39 Å². The maximum Gasteiger partial charge on any atom is 0.458 e. The summed E-state index contributed by atoms with van der Waals surface area (Å²) in [5, 5.41) is -0.573. The average Bonchev–Trinajstić information content (AvgIpc) is 2.65. The summed E-state index contributed by atoms with van der Waals surface area (Å²) in [6.07, 6.45) is 2.78. The summed E-state index contributed by atoms with van der Waals surface area (Å²) in [5.74, 6) is -0.276. The van der Waals surface area contributed by atoms with Gasteiger partial charge < -0.3 is 0 Å². The molecule has 29 heavy (non-hydrogen) atoms. The molecule has 0 nitrogen and oxygen atoms in total. The minimum Gasteiger partial charge on any atom is -0.206 e. The average molecular weight is 410 g/mol. The van der Waals surface area contributed by atoms with E-state index >= 15 is 0 Å². The number of fused-ring (bicyclic) bond motifs is 1. The molecular formula is C23H20F6. The molecule has 0 N–H and O–H groups in total. The van der Waals surface area contributed by atoms with Gasteiger partial charge in [0, 0.05) is 5.92 Å². The van der Waals surface area contributed by atoms with Gasteiger partial charge in [-0.3, -0.25) is 0 Å². The predicted octanol–water partition coefficient (Wildman–Crippen LogP) is 7.10. The van der Waals surface area contributed by atoms with Crippen LogP contribution in [0.3, 0.4) is 0 Å². The molecule has 2 aromatic rings. The summed E-state index contributed by atoms with van der Waals surface area (Å²) in [6, 6.07) is 3.49. The fourth-order valence-corrected chi connectivity index (χ4v) is 3.95. The molecule has 2 aromatic carbocycles. The molecule has 0 amide bonds. The zero-order valence-electron chi connectivity index (χ0n) is 15.7. The van der Waals surface area contributed by atoms with Crippen molar-refractivity contribution in [3.8, 4) is 11.8 Å². The van der Waals surface area contributed by atoms with E-state index in [2.05, 4.69) is 6.58 Å². The third-order valence-corrected chi connectivity index (χ3v) is 5.54. The number of rotatable bonds is 4. The third kappa shape index (κ3) is 5.14. The van der Waals surface area contributed by atoms with Crippen molar-refractivity contribution in [1.29, 1.82) is 0 Å². The molecule has 6 heteroatoms. The van der Waals surface area contributed by atoms with Crippen molar-refractivity contribution in [1.82, 2.24) is 0 Å². The maximum atomic E-state index is 14.5. The maximum absolute atomic E-state index is 14.5. The zero-order valence-corrected chi connectivity index (χ0v) is 15.7. The van der Waals surface area contributed by atoms with E-state index in [4.69, 9.17) is 0 Å². The lowest BCUT2D eigenvalue weighted by molar-refractivity contribution is -0.0696. The topological polar surface area (TPSA) is 0 Å². The second-order valence-corrected chi connectivity index (χ2v) is 7.53. The van der Waals surface area contributed by atoms with E-state index in [1.807, 2.05) is 6.08 Å². The molecular weight excluding hydrogens is 390 g/mol. The van der Waals surface area contributed by atoms with Crippen molar-refractivity contribution < 1.29 is 26.3 Å². The Labute approximate surface area is 165 Å². The van der Waals surface area contributed by atoms with Crippen molar-refractivity contribution in [3.05, 3.63) is 59.4 Å². The smallest absolute Gasteiger partial charge is 0.206 e. The van der Waals surface area contributed by atoms with Crippen LogP contribution in [0.2, 0.25) is 0 Å². The molecule has 1 aliphatic rings. The van der Waals surface area contributed by atoms with Crippen LogP contribution in [0.4, 0.5) is 26.3 Å². The first kappa shape index (κ1) is 21.3. The lowest BCUT2D eigenvalue weighted by atomic mass is 9.79. The predicted molar refractivity (Wildman–Crippen MR) is 101 cm³/mol. The number of alkyl halides is 3. The largest absolute Gasteiger partial charge is 0.458 e. The fourth-order valence-electron chi connectivity index (χ4n) is 3.95. The van der Waals surface area contributed by atoms with E-state index in [1.54, 1.807) is 0 Å². The van der Waals surface area contributed by atoms with Crippen molar-refractivity contribution >= 4 is 10.8 Å². The van der Waals surface area contributed by atoms with Crippen LogP contribution in [0.5, 0.6) is 0 Å². The van der Waals surface area contributed by atoms with E-state index in [9.17, 15) is 26.3 Å². The van der Waals surface area contributed by atoms with Crippen molar-refractivity contribution in [2.24, 2.45) is 11.8 Å². The minimum atomic E-state index is -4.90. The molecule has 0 heterocycles. The van der Waals surface area contributed by atoms with Gasteiger partial charge in [-0.25, -0.2) is 13.2 Å². The molecule has 0 aromatic heterocycles. The quantitative estimate of drug-likeness (QED) is 0.287. The van der Waals surface area contributed by atoms with E-state index in [1.165, 1.54) is 18.1 Å². The summed E-state index contributed by atoms with van der Waals surface area (Å²) < 4.78 is 79.8. The normalized spacial score (nSPS) is 19.7. The highest BCUT2D eigenvalue weighted by molar-refractivity contribution is 5.86. The molecule has 0 aliphatic heterocycles. The number of halogens is 6. The summed E-state index contributed by atoms with van der Waals surface area (Å²) in [6.45, 7) is 3.82. The summed E-state index contributed by atoms with van der Waals surface area (Å²) in [5.41, 5.74) is -0.478. The lowest BCUT2D eigenvalue weighted by Crippen LogP contribution is -2.13. The molecule has 1 aliphatic carbocycles. The first-order valence-corrected chi connectivity index (χ1v) is 9.50. The Morgan fingerprint density at radius 3 is 2.31 bits per heavy atom. The first-order valence-electron chi connectivity index (χ1n) is 9.50. The number of allylic oxidation sites excluding steroid dienone is 1. The second kappa shape index (κ2) is 8.52. The van der Waals surface area contributed by atoms with Crippen LogP contribution in [0.25, 0.3) is 10.8 Å². The summed E-state index contributed by atoms with van der Waals surface area (Å²) >= 11 is 0. The van der Waals surface area contributed by atoms with Gasteiger partial charge >= 0.3 is 6.18 Å². The SMILES string of the molecule is C=CC1CCC(CCc2cc(F)c3c(F)c(C#CC(F)(F)F)c(F)cc3c2)CC1. The zero-order chi connectivity index (χ0) is 21.2. The van der Waals surface area contributed by atoms with Gasteiger partial charge in [-0.15, -0.1) is 6.58 Å². The van der Waals surface area contributed by atoms with Crippen LogP contribution < -0.4 is 0 Å². The molecule has 0 unspecified atom stereocenters. The summed E-state index contributed by atoms with van der Waals surface area (Å²) in [4.78, 5) is 0. The summed E-state index contributed by atoms with van der Waals surface area (Å²) in [7, 11) is 0. The van der Waals surface area contributed by atoms with Crippen LogP contribution in [0.1, 0.15) is 43.2 Å². The van der Waals surface area contributed by atoms with Crippen LogP contribution >= 0.6 is 0 Å². The Morgan fingerprint density at radius 1 is 1.00 bits per heavy atom. The Morgan fingerprint density at radius 2 is 1.69 bits per heavy atom. The second-order valence-electron chi connectivity index (χ2n) is 7.53. The molecule has 1 saturated carbocycles. The molecule has 0 saturated heterocycles. The highest BCUT2D eigenvalue weighted by Gasteiger charge is 2.24. The van der Waals surface area contributed by atoms with Crippen LogP contribution in [-0.2, 0) is 6.42 Å². The Bertz CT molecular complexity index is 969. The molecule has 1 fully saturated rings. The Hall–Kier alpha value is -2.42. The van der Waals surface area contributed by atoms with Crippen LogP contribution in [0, 0.1) is 41.1 Å². The Kier molecular flexibility index (Phi) is 6.26. The lowest BCUT2D eigenvalue weighted by Gasteiger charge is -2.26. The van der Waals surface area contributed by atoms with Gasteiger partial charge in [-0.1, -0.05) is 18.1 Å². The molecule has 154 valence electrons. The number of hydrogen-bond donors (Lipinski definition) is 0. The first-order chi connectivity index (χ1) is 13.7. The monoisotopic (exact) mass is 410 g/mol. The molecule has 3 rings (SSSR count). The van der Waals surface area contributed by atoms with Gasteiger partial charge in [0.2, 0.25) is 0 Å². The molecule has 0 bridgehead atoms. The van der Waals surface area contributed by atoms with Crippen LogP contribution in [0.15, 0.2) is 30.9 Å². The van der Waals surface area contributed by atoms with Crippen LogP contribution in [-0.4, -0.2) is 6.18 Å². The van der Waals surface area contributed by atoms with Crippen molar-refractivity contribution in [2.45, 2.75) is 44.7 Å². The van der Waals surface area contributed by atoms with Gasteiger partial charge in [0.25, 0.3) is 0 Å². The standard InChI is InChI=1S/C23H20F6/c1-2-14-3-5-15(6-4-14)7-8-16-11-17-13-19(24)18(9-10-23(27,28)29)22(26)21(17)20(25)12-16/h2,11-15H,1,3-8H2. The van der Waals surface area contributed by atoms with Gasteiger partial charge in [0.1, 0.15) is 11.6 Å².